The molecule has 4 nitrogen and oxygen atoms in total. The van der Waals surface area contributed by atoms with Crippen molar-refractivity contribution < 1.29 is 0 Å². The van der Waals surface area contributed by atoms with E-state index in [2.05, 4.69) is 41.6 Å². The first-order valence-corrected chi connectivity index (χ1v) is 7.73. The quantitative estimate of drug-likeness (QED) is 0.846. The van der Waals surface area contributed by atoms with Crippen molar-refractivity contribution in [2.75, 3.05) is 13.6 Å². The van der Waals surface area contributed by atoms with Crippen molar-refractivity contribution in [3.05, 3.63) is 29.0 Å². The van der Waals surface area contributed by atoms with Gasteiger partial charge in [-0.3, -0.25) is 15.8 Å². The molecule has 0 aromatic carbocycles. The molecule has 0 spiro atoms. The van der Waals surface area contributed by atoms with Crippen LogP contribution in [0.4, 0.5) is 0 Å². The predicted octanol–water partition coefficient (Wildman–Crippen LogP) is 2.45. The number of rotatable bonds is 6. The second-order valence-electron chi connectivity index (χ2n) is 5.88. The molecule has 1 aliphatic heterocycles. The number of hydrazine groups is 1. The van der Waals surface area contributed by atoms with E-state index in [0.717, 1.165) is 23.7 Å². The Morgan fingerprint density at radius 2 is 2.00 bits per heavy atom. The molecule has 5 heteroatoms. The summed E-state index contributed by atoms with van der Waals surface area (Å²) in [5, 5.41) is 0.755. The molecule has 0 bridgehead atoms. The SMILES string of the molecule is CC1NNC(C)C1CCCN(C)Cc1ccncc1Cl. The molecular weight excluding hydrogens is 272 g/mol. The van der Waals surface area contributed by atoms with Gasteiger partial charge in [0.25, 0.3) is 0 Å². The van der Waals surface area contributed by atoms with Gasteiger partial charge in [-0.1, -0.05) is 11.6 Å². The maximum absolute atomic E-state index is 6.14. The zero-order valence-corrected chi connectivity index (χ0v) is 13.3. The van der Waals surface area contributed by atoms with Crippen LogP contribution in [0.3, 0.4) is 0 Å². The highest BCUT2D eigenvalue weighted by Crippen LogP contribution is 2.20. The molecule has 0 radical (unpaired) electrons. The topological polar surface area (TPSA) is 40.2 Å². The lowest BCUT2D eigenvalue weighted by Gasteiger charge is -2.21. The predicted molar refractivity (Wildman–Crippen MR) is 83.5 cm³/mol. The maximum Gasteiger partial charge on any atom is 0.0634 e. The van der Waals surface area contributed by atoms with E-state index in [1.54, 1.807) is 12.4 Å². The third kappa shape index (κ3) is 4.16. The minimum absolute atomic E-state index is 0.560. The van der Waals surface area contributed by atoms with Crippen molar-refractivity contribution in [3.8, 4) is 0 Å². The highest BCUT2D eigenvalue weighted by atomic mass is 35.5. The zero-order chi connectivity index (χ0) is 14.5. The minimum Gasteiger partial charge on any atom is -0.302 e. The minimum atomic E-state index is 0.560. The average molecular weight is 297 g/mol. The number of nitrogens with zero attached hydrogens (tertiary/aromatic N) is 2. The van der Waals surface area contributed by atoms with Gasteiger partial charge < -0.3 is 4.90 Å². The van der Waals surface area contributed by atoms with Crippen LogP contribution in [0.1, 0.15) is 32.3 Å². The van der Waals surface area contributed by atoms with Gasteiger partial charge >= 0.3 is 0 Å². The molecule has 20 heavy (non-hydrogen) atoms. The molecule has 1 aromatic heterocycles. The van der Waals surface area contributed by atoms with Crippen LogP contribution < -0.4 is 10.9 Å². The summed E-state index contributed by atoms with van der Waals surface area (Å²) in [4.78, 5) is 6.34. The van der Waals surface area contributed by atoms with E-state index < -0.39 is 0 Å². The average Bonchev–Trinajstić information content (AvgIpc) is 2.73. The van der Waals surface area contributed by atoms with Crippen LogP contribution in [0.5, 0.6) is 0 Å². The summed E-state index contributed by atoms with van der Waals surface area (Å²) in [6, 6.07) is 3.11. The first kappa shape index (κ1) is 15.7. The Balaban J connectivity index is 1.73. The number of halogens is 1. The Hall–Kier alpha value is -0.680. The fraction of sp³-hybridized carbons (Fsp3) is 0.667. The smallest absolute Gasteiger partial charge is 0.0634 e. The Morgan fingerprint density at radius 1 is 1.30 bits per heavy atom. The number of nitrogens with one attached hydrogen (secondary N) is 2. The second-order valence-corrected chi connectivity index (χ2v) is 6.28. The summed E-state index contributed by atoms with van der Waals surface area (Å²) in [5.41, 5.74) is 7.78. The zero-order valence-electron chi connectivity index (χ0n) is 12.6. The van der Waals surface area contributed by atoms with Crippen LogP contribution in [0.25, 0.3) is 0 Å². The van der Waals surface area contributed by atoms with Crippen molar-refractivity contribution >= 4 is 11.6 Å². The van der Waals surface area contributed by atoms with Crippen molar-refractivity contribution in [2.45, 2.75) is 45.3 Å². The number of hydrogen-bond donors (Lipinski definition) is 2. The van der Waals surface area contributed by atoms with Crippen LogP contribution in [0.2, 0.25) is 5.02 Å². The molecule has 2 N–H and O–H groups in total. The third-order valence-corrected chi connectivity index (χ3v) is 4.54. The Bertz CT molecular complexity index is 416. The number of hydrogen-bond acceptors (Lipinski definition) is 4. The molecule has 2 atom stereocenters. The maximum atomic E-state index is 6.14. The highest BCUT2D eigenvalue weighted by Gasteiger charge is 2.28. The van der Waals surface area contributed by atoms with Crippen molar-refractivity contribution in [2.24, 2.45) is 5.92 Å². The van der Waals surface area contributed by atoms with Gasteiger partial charge in [0.05, 0.1) is 5.02 Å². The second kappa shape index (κ2) is 7.36. The molecule has 0 aliphatic carbocycles. The first-order chi connectivity index (χ1) is 9.58. The number of pyridine rings is 1. The monoisotopic (exact) mass is 296 g/mol. The molecule has 2 rings (SSSR count). The lowest BCUT2D eigenvalue weighted by atomic mass is 9.91. The van der Waals surface area contributed by atoms with E-state index in [-0.39, 0.29) is 0 Å². The summed E-state index contributed by atoms with van der Waals surface area (Å²) < 4.78 is 0. The largest absolute Gasteiger partial charge is 0.302 e. The van der Waals surface area contributed by atoms with Crippen LogP contribution in [-0.4, -0.2) is 35.6 Å². The summed E-state index contributed by atoms with van der Waals surface area (Å²) in [5.74, 6) is 0.716. The Morgan fingerprint density at radius 3 is 2.65 bits per heavy atom. The third-order valence-electron chi connectivity index (χ3n) is 4.20. The number of aromatic nitrogens is 1. The molecular formula is C15H25ClN4. The van der Waals surface area contributed by atoms with E-state index in [1.165, 1.54) is 12.8 Å². The van der Waals surface area contributed by atoms with E-state index in [1.807, 2.05) is 6.07 Å². The van der Waals surface area contributed by atoms with Crippen molar-refractivity contribution in [1.82, 2.24) is 20.7 Å². The lowest BCUT2D eigenvalue weighted by molar-refractivity contribution is 0.296. The standard InChI is InChI=1S/C15H25ClN4/c1-11-14(12(2)19-18-11)5-4-8-20(3)10-13-6-7-17-9-15(13)16/h6-7,9,11-12,14,18-19H,4-5,8,10H2,1-3H3. The Labute approximate surface area is 126 Å². The molecule has 112 valence electrons. The highest BCUT2D eigenvalue weighted by molar-refractivity contribution is 6.31. The molecule has 0 amide bonds. The molecule has 2 heterocycles. The van der Waals surface area contributed by atoms with Gasteiger partial charge in [0.1, 0.15) is 0 Å². The fourth-order valence-electron chi connectivity index (χ4n) is 2.91. The molecule has 1 aliphatic rings. The van der Waals surface area contributed by atoms with Gasteiger partial charge in [0.2, 0.25) is 0 Å². The van der Waals surface area contributed by atoms with Crippen LogP contribution >= 0.6 is 11.6 Å². The van der Waals surface area contributed by atoms with Gasteiger partial charge in [-0.2, -0.15) is 0 Å². The molecule has 1 fully saturated rings. The van der Waals surface area contributed by atoms with E-state index in [4.69, 9.17) is 11.6 Å². The lowest BCUT2D eigenvalue weighted by Crippen LogP contribution is -2.30. The summed E-state index contributed by atoms with van der Waals surface area (Å²) >= 11 is 6.14. The molecule has 2 unspecified atom stereocenters. The summed E-state index contributed by atoms with van der Waals surface area (Å²) in [6.45, 7) is 6.48. The fourth-order valence-corrected chi connectivity index (χ4v) is 3.09. The van der Waals surface area contributed by atoms with Crippen molar-refractivity contribution in [1.29, 1.82) is 0 Å². The van der Waals surface area contributed by atoms with Crippen LogP contribution in [-0.2, 0) is 6.54 Å². The van der Waals surface area contributed by atoms with Gasteiger partial charge in [0, 0.05) is 31.0 Å². The molecule has 1 saturated heterocycles. The van der Waals surface area contributed by atoms with Crippen molar-refractivity contribution in [3.63, 3.8) is 0 Å². The Kier molecular flexibility index (Phi) is 5.78. The molecule has 1 aromatic rings. The van der Waals surface area contributed by atoms with Gasteiger partial charge in [-0.25, -0.2) is 0 Å². The summed E-state index contributed by atoms with van der Waals surface area (Å²) in [6.07, 6.45) is 5.97. The van der Waals surface area contributed by atoms with Gasteiger partial charge in [-0.15, -0.1) is 0 Å². The normalized spacial score (nSPS) is 26.4. The van der Waals surface area contributed by atoms with E-state index in [9.17, 15) is 0 Å². The van der Waals surface area contributed by atoms with E-state index in [0.29, 0.717) is 18.0 Å². The summed E-state index contributed by atoms with van der Waals surface area (Å²) in [7, 11) is 2.15. The van der Waals surface area contributed by atoms with Crippen LogP contribution in [0.15, 0.2) is 18.5 Å². The van der Waals surface area contributed by atoms with Gasteiger partial charge in [-0.05, 0) is 57.8 Å². The first-order valence-electron chi connectivity index (χ1n) is 7.36. The van der Waals surface area contributed by atoms with E-state index >= 15 is 0 Å². The van der Waals surface area contributed by atoms with Crippen LogP contribution in [0, 0.1) is 5.92 Å². The van der Waals surface area contributed by atoms with Gasteiger partial charge in [0.15, 0.2) is 0 Å². The molecule has 0 saturated carbocycles.